The van der Waals surface area contributed by atoms with Crippen molar-refractivity contribution in [1.82, 2.24) is 25.0 Å². The lowest BCUT2D eigenvalue weighted by Crippen LogP contribution is -2.37. The highest BCUT2D eigenvalue weighted by Gasteiger charge is 2.24. The highest BCUT2D eigenvalue weighted by atomic mass is 16.5. The van der Waals surface area contributed by atoms with Crippen LogP contribution in [-0.2, 0) is 16.1 Å². The minimum absolute atomic E-state index is 0.0151. The summed E-state index contributed by atoms with van der Waals surface area (Å²) in [5, 5.41) is 6.75. The molecule has 1 N–H and O–H groups in total. The molecule has 34 heavy (non-hydrogen) atoms. The van der Waals surface area contributed by atoms with Crippen LogP contribution in [-0.4, -0.2) is 83.7 Å². The highest BCUT2D eigenvalue weighted by Crippen LogP contribution is 2.25. The predicted molar refractivity (Wildman–Crippen MR) is 129 cm³/mol. The van der Waals surface area contributed by atoms with Gasteiger partial charge in [0.15, 0.2) is 5.82 Å². The standard InChI is InChI=1S/C25H30N6O3/c1-29-11-6-12-31(23(32)17-34-2)22-10-4-3-7-21(22)16-30(14-13-29)25(33)20-9-5-8-19(15-20)24-26-18-27-28-24/h3-5,7-10,15,18H,6,11-14,16-17H2,1-2H3,(H,26,27,28). The van der Waals surface area contributed by atoms with Crippen LogP contribution in [0.2, 0.25) is 0 Å². The molecule has 0 unspecified atom stereocenters. The van der Waals surface area contributed by atoms with Gasteiger partial charge in [-0.05, 0) is 43.8 Å². The average Bonchev–Trinajstić information content (AvgIpc) is 3.39. The Labute approximate surface area is 199 Å². The van der Waals surface area contributed by atoms with Gasteiger partial charge in [0.2, 0.25) is 0 Å². The fraction of sp³-hybridized carbons (Fsp3) is 0.360. The maximum atomic E-state index is 13.7. The van der Waals surface area contributed by atoms with Crippen LogP contribution in [0.4, 0.5) is 5.69 Å². The second-order valence-corrected chi connectivity index (χ2v) is 8.41. The molecule has 0 saturated carbocycles. The molecule has 0 bridgehead atoms. The van der Waals surface area contributed by atoms with Crippen molar-refractivity contribution in [2.75, 3.05) is 51.8 Å². The van der Waals surface area contributed by atoms with Crippen LogP contribution >= 0.6 is 0 Å². The van der Waals surface area contributed by atoms with E-state index in [0.717, 1.165) is 36.3 Å². The van der Waals surface area contributed by atoms with Crippen molar-refractivity contribution in [3.8, 4) is 11.4 Å². The summed E-state index contributed by atoms with van der Waals surface area (Å²) >= 11 is 0. The van der Waals surface area contributed by atoms with E-state index in [-0.39, 0.29) is 18.4 Å². The molecule has 0 fully saturated rings. The number of anilines is 1. The number of hydrogen-bond donors (Lipinski definition) is 1. The van der Waals surface area contributed by atoms with Crippen molar-refractivity contribution < 1.29 is 14.3 Å². The number of aromatic nitrogens is 3. The number of amides is 2. The molecule has 9 nitrogen and oxygen atoms in total. The summed E-state index contributed by atoms with van der Waals surface area (Å²) < 4.78 is 5.13. The number of methoxy groups -OCH3 is 1. The summed E-state index contributed by atoms with van der Waals surface area (Å²) in [6.07, 6.45) is 2.27. The van der Waals surface area contributed by atoms with Gasteiger partial charge in [-0.3, -0.25) is 14.7 Å². The Kier molecular flexibility index (Phi) is 7.66. The summed E-state index contributed by atoms with van der Waals surface area (Å²) in [6.45, 7) is 3.13. The van der Waals surface area contributed by atoms with Crippen molar-refractivity contribution in [3.05, 3.63) is 66.0 Å². The minimum Gasteiger partial charge on any atom is -0.375 e. The lowest BCUT2D eigenvalue weighted by molar-refractivity contribution is -0.122. The van der Waals surface area contributed by atoms with Crippen molar-refractivity contribution in [2.45, 2.75) is 13.0 Å². The molecule has 2 aromatic carbocycles. The number of para-hydroxylation sites is 1. The smallest absolute Gasteiger partial charge is 0.254 e. The molecule has 0 atom stereocenters. The molecule has 2 heterocycles. The van der Waals surface area contributed by atoms with Crippen LogP contribution < -0.4 is 4.90 Å². The Bertz CT molecular complexity index is 1120. The van der Waals surface area contributed by atoms with E-state index >= 15 is 0 Å². The second kappa shape index (κ2) is 11.0. The van der Waals surface area contributed by atoms with E-state index in [1.807, 2.05) is 60.5 Å². The van der Waals surface area contributed by atoms with E-state index < -0.39 is 0 Å². The van der Waals surface area contributed by atoms with Crippen molar-refractivity contribution >= 4 is 17.5 Å². The first-order chi connectivity index (χ1) is 16.6. The second-order valence-electron chi connectivity index (χ2n) is 8.41. The van der Waals surface area contributed by atoms with E-state index in [4.69, 9.17) is 4.74 Å². The van der Waals surface area contributed by atoms with Crippen LogP contribution in [0.15, 0.2) is 54.9 Å². The summed E-state index contributed by atoms with van der Waals surface area (Å²) in [5.41, 5.74) is 3.13. The SMILES string of the molecule is COCC(=O)N1CCCN(C)CCN(C(=O)c2cccc(-c3ncn[nH]3)c2)Cc2ccccc21. The molecule has 1 aromatic heterocycles. The summed E-state index contributed by atoms with van der Waals surface area (Å²) in [7, 11) is 3.57. The molecule has 1 aliphatic heterocycles. The Morgan fingerprint density at radius 3 is 2.71 bits per heavy atom. The van der Waals surface area contributed by atoms with Crippen molar-refractivity contribution in [3.63, 3.8) is 0 Å². The molecule has 2 amide bonds. The van der Waals surface area contributed by atoms with E-state index in [2.05, 4.69) is 20.1 Å². The van der Waals surface area contributed by atoms with Gasteiger partial charge in [0, 0.05) is 50.1 Å². The first kappa shape index (κ1) is 23.6. The lowest BCUT2D eigenvalue weighted by Gasteiger charge is -2.28. The average molecular weight is 463 g/mol. The fourth-order valence-corrected chi connectivity index (χ4v) is 4.18. The number of nitrogens with zero attached hydrogens (tertiary/aromatic N) is 5. The third-order valence-electron chi connectivity index (χ3n) is 5.97. The highest BCUT2D eigenvalue weighted by molar-refractivity contribution is 5.96. The predicted octanol–water partition coefficient (Wildman–Crippen LogP) is 2.43. The molecule has 178 valence electrons. The number of aromatic amines is 1. The maximum Gasteiger partial charge on any atom is 0.254 e. The first-order valence-electron chi connectivity index (χ1n) is 11.4. The van der Waals surface area contributed by atoms with Gasteiger partial charge in [-0.1, -0.05) is 30.3 Å². The third-order valence-corrected chi connectivity index (χ3v) is 5.97. The molecule has 0 aliphatic carbocycles. The Hall–Kier alpha value is -3.56. The van der Waals surface area contributed by atoms with Gasteiger partial charge >= 0.3 is 0 Å². The molecule has 4 rings (SSSR count). The van der Waals surface area contributed by atoms with Gasteiger partial charge in [-0.2, -0.15) is 5.10 Å². The number of likely N-dealkylation sites (N-methyl/N-ethyl adjacent to an activating group) is 1. The number of rotatable bonds is 4. The van der Waals surface area contributed by atoms with Crippen LogP contribution in [0.1, 0.15) is 22.3 Å². The lowest BCUT2D eigenvalue weighted by atomic mass is 10.1. The summed E-state index contributed by atoms with van der Waals surface area (Å²) in [4.78, 5) is 36.6. The number of fused-ring (bicyclic) bond motifs is 1. The molecule has 0 radical (unpaired) electrons. The number of carbonyl (C=O) groups excluding carboxylic acids is 2. The monoisotopic (exact) mass is 462 g/mol. The van der Waals surface area contributed by atoms with Crippen LogP contribution in [0.3, 0.4) is 0 Å². The Balaban J connectivity index is 1.67. The van der Waals surface area contributed by atoms with E-state index in [9.17, 15) is 9.59 Å². The van der Waals surface area contributed by atoms with Gasteiger partial charge in [0.05, 0.1) is 0 Å². The molecule has 0 saturated heterocycles. The van der Waals surface area contributed by atoms with Crippen molar-refractivity contribution in [1.29, 1.82) is 0 Å². The van der Waals surface area contributed by atoms with E-state index in [1.54, 1.807) is 4.90 Å². The first-order valence-corrected chi connectivity index (χ1v) is 11.4. The van der Waals surface area contributed by atoms with E-state index in [0.29, 0.717) is 31.0 Å². The molecular weight excluding hydrogens is 432 g/mol. The van der Waals surface area contributed by atoms with Gasteiger partial charge < -0.3 is 19.4 Å². The molecule has 3 aromatic rings. The zero-order valence-electron chi connectivity index (χ0n) is 19.6. The molecule has 1 aliphatic rings. The fourth-order valence-electron chi connectivity index (χ4n) is 4.18. The number of benzene rings is 2. The van der Waals surface area contributed by atoms with Gasteiger partial charge in [0.1, 0.15) is 12.9 Å². The molecular formula is C25H30N6O3. The topological polar surface area (TPSA) is 94.7 Å². The third kappa shape index (κ3) is 5.49. The number of H-pyrrole nitrogens is 1. The van der Waals surface area contributed by atoms with E-state index in [1.165, 1.54) is 13.4 Å². The van der Waals surface area contributed by atoms with Gasteiger partial charge in [0.25, 0.3) is 11.8 Å². The summed E-state index contributed by atoms with van der Waals surface area (Å²) in [5.74, 6) is 0.456. The summed E-state index contributed by atoms with van der Waals surface area (Å²) in [6, 6.07) is 15.2. The van der Waals surface area contributed by atoms with Crippen molar-refractivity contribution in [2.24, 2.45) is 0 Å². The normalized spacial score (nSPS) is 15.5. The van der Waals surface area contributed by atoms with Gasteiger partial charge in [-0.15, -0.1) is 0 Å². The number of ether oxygens (including phenoxy) is 1. The Morgan fingerprint density at radius 1 is 1.06 bits per heavy atom. The Morgan fingerprint density at radius 2 is 1.91 bits per heavy atom. The number of hydrogen-bond acceptors (Lipinski definition) is 6. The van der Waals surface area contributed by atoms with Crippen LogP contribution in [0.5, 0.6) is 0 Å². The van der Waals surface area contributed by atoms with Gasteiger partial charge in [-0.25, -0.2) is 4.98 Å². The van der Waals surface area contributed by atoms with Crippen LogP contribution in [0.25, 0.3) is 11.4 Å². The van der Waals surface area contributed by atoms with Crippen LogP contribution in [0, 0.1) is 0 Å². The zero-order chi connectivity index (χ0) is 23.9. The number of nitrogens with one attached hydrogen (secondary N) is 1. The molecule has 9 heteroatoms. The molecule has 0 spiro atoms. The quantitative estimate of drug-likeness (QED) is 0.640. The number of carbonyl (C=O) groups is 2. The largest absolute Gasteiger partial charge is 0.375 e. The maximum absolute atomic E-state index is 13.7. The minimum atomic E-state index is -0.0884. The zero-order valence-corrected chi connectivity index (χ0v) is 19.6.